The van der Waals surface area contributed by atoms with Crippen molar-refractivity contribution in [3.05, 3.63) is 47.0 Å². The van der Waals surface area contributed by atoms with Crippen molar-refractivity contribution in [1.82, 2.24) is 14.8 Å². The van der Waals surface area contributed by atoms with Crippen molar-refractivity contribution in [2.75, 3.05) is 0 Å². The largest absolute Gasteiger partial charge is 0.365 e. The molecule has 1 fully saturated rings. The summed E-state index contributed by atoms with van der Waals surface area (Å²) in [7, 11) is 0. The molecule has 2 heterocycles. The second-order valence-corrected chi connectivity index (χ2v) is 5.97. The lowest BCUT2D eigenvalue weighted by Crippen LogP contribution is -2.57. The van der Waals surface area contributed by atoms with Crippen LogP contribution in [0.5, 0.6) is 0 Å². The number of hydrogen-bond donors (Lipinski definition) is 0. The molecule has 0 radical (unpaired) electrons. The van der Waals surface area contributed by atoms with Gasteiger partial charge in [0.25, 0.3) is 0 Å². The molecule has 0 aliphatic carbocycles. The third kappa shape index (κ3) is 2.34. The van der Waals surface area contributed by atoms with E-state index in [1.807, 2.05) is 13.0 Å². The van der Waals surface area contributed by atoms with E-state index in [1.165, 1.54) is 6.33 Å². The number of ether oxygens (including phenoxy) is 1. The van der Waals surface area contributed by atoms with Crippen LogP contribution in [0, 0.1) is 5.92 Å². The maximum Gasteiger partial charge on any atom is 0.137 e. The first-order chi connectivity index (χ1) is 10.1. The summed E-state index contributed by atoms with van der Waals surface area (Å²) in [5.41, 5.74) is 0.830. The molecule has 21 heavy (non-hydrogen) atoms. The Hall–Kier alpha value is -1.46. The van der Waals surface area contributed by atoms with Gasteiger partial charge in [-0.1, -0.05) is 24.6 Å². The Labute approximate surface area is 127 Å². The molecule has 1 aliphatic heterocycles. The summed E-state index contributed by atoms with van der Waals surface area (Å²) in [6.45, 7) is 4.07. The van der Waals surface area contributed by atoms with Gasteiger partial charge in [-0.15, -0.1) is 0 Å². The van der Waals surface area contributed by atoms with Gasteiger partial charge in [-0.3, -0.25) is 0 Å². The molecular formula is C15H17ClFN3O. The molecule has 1 saturated heterocycles. The first-order valence-corrected chi connectivity index (χ1v) is 7.29. The second-order valence-electron chi connectivity index (χ2n) is 5.53. The van der Waals surface area contributed by atoms with E-state index in [1.54, 1.807) is 23.1 Å². The highest BCUT2D eigenvalue weighted by Crippen LogP contribution is 2.49. The monoisotopic (exact) mass is 309 g/mol. The minimum atomic E-state index is -0.584. The van der Waals surface area contributed by atoms with E-state index < -0.39 is 12.3 Å². The zero-order valence-corrected chi connectivity index (χ0v) is 12.7. The Kier molecular flexibility index (Phi) is 3.71. The first kappa shape index (κ1) is 14.5. The highest BCUT2D eigenvalue weighted by molar-refractivity contribution is 6.30. The van der Waals surface area contributed by atoms with Crippen LogP contribution in [0.2, 0.25) is 5.02 Å². The highest BCUT2D eigenvalue weighted by Gasteiger charge is 2.53. The lowest BCUT2D eigenvalue weighted by atomic mass is 9.72. The van der Waals surface area contributed by atoms with Gasteiger partial charge in [0.05, 0.1) is 12.6 Å². The summed E-state index contributed by atoms with van der Waals surface area (Å²) in [4.78, 5) is 3.96. The van der Waals surface area contributed by atoms with Gasteiger partial charge < -0.3 is 4.74 Å². The van der Waals surface area contributed by atoms with Crippen LogP contribution in [-0.4, -0.2) is 20.9 Å². The molecule has 1 aromatic heterocycles. The molecule has 3 atom stereocenters. The van der Waals surface area contributed by atoms with Crippen molar-refractivity contribution < 1.29 is 9.13 Å². The van der Waals surface area contributed by atoms with E-state index in [4.69, 9.17) is 16.3 Å². The standard InChI is InChI=1S/C15H17ClFN3O/c1-10-11(2)21-15(10,7-20-9-18-8-19-20)14-4-3-13(16)5-12(14)6-17/h3-5,8-11H,6-7H2,1-2H3. The third-order valence-corrected chi connectivity index (χ3v) is 4.60. The van der Waals surface area contributed by atoms with Crippen LogP contribution in [0.15, 0.2) is 30.9 Å². The predicted molar refractivity (Wildman–Crippen MR) is 77.7 cm³/mol. The Morgan fingerprint density at radius 2 is 2.24 bits per heavy atom. The van der Waals surface area contributed by atoms with Crippen LogP contribution in [-0.2, 0) is 23.6 Å². The Morgan fingerprint density at radius 1 is 1.43 bits per heavy atom. The van der Waals surface area contributed by atoms with Crippen LogP contribution in [0.4, 0.5) is 4.39 Å². The van der Waals surface area contributed by atoms with E-state index in [-0.39, 0.29) is 12.0 Å². The molecule has 0 bridgehead atoms. The SMILES string of the molecule is CC1OC(Cn2cncn2)(c2ccc(Cl)cc2CF)C1C. The summed E-state index contributed by atoms with van der Waals surface area (Å²) in [5.74, 6) is 0.244. The van der Waals surface area contributed by atoms with E-state index >= 15 is 0 Å². The zero-order valence-electron chi connectivity index (χ0n) is 12.0. The van der Waals surface area contributed by atoms with Crippen molar-refractivity contribution in [2.24, 2.45) is 5.92 Å². The molecule has 0 spiro atoms. The topological polar surface area (TPSA) is 39.9 Å². The number of halogens is 2. The summed E-state index contributed by atoms with van der Waals surface area (Å²) in [6, 6.07) is 5.30. The highest BCUT2D eigenvalue weighted by atomic mass is 35.5. The van der Waals surface area contributed by atoms with E-state index in [9.17, 15) is 4.39 Å². The Bertz CT molecular complexity index is 634. The summed E-state index contributed by atoms with van der Waals surface area (Å²) >= 11 is 5.98. The third-order valence-electron chi connectivity index (χ3n) is 4.37. The van der Waals surface area contributed by atoms with E-state index in [0.29, 0.717) is 17.1 Å². The summed E-state index contributed by atoms with van der Waals surface area (Å²) in [5, 5.41) is 4.68. The van der Waals surface area contributed by atoms with Gasteiger partial charge in [0.1, 0.15) is 24.9 Å². The van der Waals surface area contributed by atoms with Crippen molar-refractivity contribution in [2.45, 2.75) is 38.8 Å². The average Bonchev–Trinajstić information content (AvgIpc) is 2.99. The van der Waals surface area contributed by atoms with Crippen LogP contribution in [0.25, 0.3) is 0 Å². The smallest absolute Gasteiger partial charge is 0.137 e. The van der Waals surface area contributed by atoms with Crippen LogP contribution >= 0.6 is 11.6 Å². The van der Waals surface area contributed by atoms with Gasteiger partial charge in [-0.05, 0) is 30.2 Å². The number of rotatable bonds is 4. The fraction of sp³-hybridized carbons (Fsp3) is 0.467. The van der Waals surface area contributed by atoms with Crippen LogP contribution < -0.4 is 0 Å². The molecule has 0 N–H and O–H groups in total. The van der Waals surface area contributed by atoms with Gasteiger partial charge in [0.2, 0.25) is 0 Å². The average molecular weight is 310 g/mol. The van der Waals surface area contributed by atoms with Crippen molar-refractivity contribution >= 4 is 11.6 Å². The van der Waals surface area contributed by atoms with E-state index in [0.717, 1.165) is 5.56 Å². The quantitative estimate of drug-likeness (QED) is 0.869. The normalized spacial score (nSPS) is 28.4. The fourth-order valence-corrected chi connectivity index (χ4v) is 3.26. The molecule has 112 valence electrons. The molecule has 3 rings (SSSR count). The number of hydrogen-bond acceptors (Lipinski definition) is 3. The van der Waals surface area contributed by atoms with Gasteiger partial charge in [0, 0.05) is 10.9 Å². The fourth-order valence-electron chi connectivity index (χ4n) is 3.06. The second kappa shape index (κ2) is 5.39. The molecule has 1 aliphatic rings. The van der Waals surface area contributed by atoms with Crippen molar-refractivity contribution in [3.63, 3.8) is 0 Å². The first-order valence-electron chi connectivity index (χ1n) is 6.92. The number of alkyl halides is 1. The molecule has 4 nitrogen and oxygen atoms in total. The Balaban J connectivity index is 2.04. The molecule has 0 amide bonds. The molecular weight excluding hydrogens is 293 g/mol. The number of aromatic nitrogens is 3. The lowest BCUT2D eigenvalue weighted by molar-refractivity contribution is -0.264. The van der Waals surface area contributed by atoms with Gasteiger partial charge >= 0.3 is 0 Å². The summed E-state index contributed by atoms with van der Waals surface area (Å²) in [6.07, 6.45) is 3.25. The Morgan fingerprint density at radius 3 is 2.81 bits per heavy atom. The predicted octanol–water partition coefficient (Wildman–Crippen LogP) is 3.35. The zero-order chi connectivity index (χ0) is 15.0. The van der Waals surface area contributed by atoms with Crippen LogP contribution in [0.1, 0.15) is 25.0 Å². The maximum absolute atomic E-state index is 13.4. The minimum Gasteiger partial charge on any atom is -0.365 e. The number of benzene rings is 1. The molecule has 2 aromatic rings. The number of nitrogens with zero attached hydrogens (tertiary/aromatic N) is 3. The minimum absolute atomic E-state index is 0.122. The van der Waals surface area contributed by atoms with Gasteiger partial charge in [-0.25, -0.2) is 14.1 Å². The van der Waals surface area contributed by atoms with Gasteiger partial charge in [0.15, 0.2) is 0 Å². The van der Waals surface area contributed by atoms with Gasteiger partial charge in [-0.2, -0.15) is 5.10 Å². The summed E-state index contributed by atoms with van der Waals surface area (Å²) < 4.78 is 21.2. The van der Waals surface area contributed by atoms with Crippen LogP contribution in [0.3, 0.4) is 0 Å². The van der Waals surface area contributed by atoms with E-state index in [2.05, 4.69) is 17.0 Å². The lowest BCUT2D eigenvalue weighted by Gasteiger charge is -2.53. The maximum atomic E-state index is 13.4. The molecule has 6 heteroatoms. The van der Waals surface area contributed by atoms with Crippen molar-refractivity contribution in [1.29, 1.82) is 0 Å². The van der Waals surface area contributed by atoms with Crippen molar-refractivity contribution in [3.8, 4) is 0 Å². The molecule has 3 unspecified atom stereocenters. The molecule has 0 saturated carbocycles. The molecule has 1 aromatic carbocycles.